The summed E-state index contributed by atoms with van der Waals surface area (Å²) >= 11 is 0. The predicted octanol–water partition coefficient (Wildman–Crippen LogP) is 4.33. The quantitative estimate of drug-likeness (QED) is 0.195. The number of benzene rings is 1. The van der Waals surface area contributed by atoms with E-state index in [1.165, 1.54) is 13.8 Å². The molecular weight excluding hydrogens is 869 g/mol. The molecule has 11 rings (SSSR count). The Balaban J connectivity index is 0.686. The third-order valence-electron chi connectivity index (χ3n) is 14.9. The molecule has 4 aliphatic heterocycles. The van der Waals surface area contributed by atoms with Crippen LogP contribution in [-0.2, 0) is 21.4 Å². The lowest BCUT2D eigenvalue weighted by Gasteiger charge is -2.39. The summed E-state index contributed by atoms with van der Waals surface area (Å²) in [6, 6.07) is 6.12. The van der Waals surface area contributed by atoms with Gasteiger partial charge in [0.05, 0.1) is 60.1 Å². The fraction of sp³-hybridized carbons (Fsp3) is 0.533. The number of carbonyl (C=O) groups excluding carboxylic acids is 3. The molecule has 4 amide bonds. The summed E-state index contributed by atoms with van der Waals surface area (Å²) in [5, 5.41) is 22.8. The van der Waals surface area contributed by atoms with E-state index in [2.05, 4.69) is 40.9 Å². The molecule has 4 saturated heterocycles. The molecule has 1 atom stereocenters. The second-order valence-electron chi connectivity index (χ2n) is 18.9. The van der Waals surface area contributed by atoms with Gasteiger partial charge in [0.1, 0.15) is 23.2 Å². The molecule has 0 bridgehead atoms. The predicted molar refractivity (Wildman–Crippen MR) is 240 cm³/mol. The van der Waals surface area contributed by atoms with Crippen LogP contribution in [0.15, 0.2) is 53.8 Å². The van der Waals surface area contributed by atoms with E-state index in [1.54, 1.807) is 53.0 Å². The Bertz CT molecular complexity index is 2910. The largest absolute Gasteiger partial charge is 0.378 e. The van der Waals surface area contributed by atoms with Gasteiger partial charge in [0.15, 0.2) is 11.3 Å². The maximum atomic E-state index is 14.5. The first-order chi connectivity index (χ1) is 32.5. The molecule has 2 N–H and O–H groups in total. The van der Waals surface area contributed by atoms with Crippen LogP contribution in [0.2, 0.25) is 0 Å². The van der Waals surface area contributed by atoms with Crippen molar-refractivity contribution < 1.29 is 27.9 Å². The molecule has 1 unspecified atom stereocenters. The molecule has 1 aromatic carbocycles. The molecule has 1 saturated carbocycles. The van der Waals surface area contributed by atoms with Crippen molar-refractivity contribution in [3.63, 3.8) is 0 Å². The average Bonchev–Trinajstić information content (AvgIpc) is 4.19. The van der Waals surface area contributed by atoms with E-state index in [9.17, 15) is 28.0 Å². The molecule has 5 aliphatic rings. The van der Waals surface area contributed by atoms with Gasteiger partial charge < -0.3 is 24.8 Å². The van der Waals surface area contributed by atoms with E-state index in [0.717, 1.165) is 83.5 Å². The molecule has 1 spiro atoms. The monoisotopic (exact) mass is 921 g/mol. The Hall–Kier alpha value is -6.55. The van der Waals surface area contributed by atoms with Crippen molar-refractivity contribution in [3.05, 3.63) is 65.2 Å². The Kier molecular flexibility index (Phi) is 11.1. The normalized spacial score (nSPS) is 22.7. The van der Waals surface area contributed by atoms with Crippen LogP contribution in [0.4, 0.5) is 25.1 Å². The number of hydrogen-bond acceptors (Lipinski definition) is 12. The summed E-state index contributed by atoms with van der Waals surface area (Å²) in [6.07, 6.45) is 10.9. The van der Waals surface area contributed by atoms with Crippen LogP contribution in [0.25, 0.3) is 33.6 Å². The number of para-hydroxylation sites is 1. The van der Waals surface area contributed by atoms with E-state index in [1.807, 2.05) is 17.2 Å². The maximum Gasteiger partial charge on any atom is 0.329 e. The van der Waals surface area contributed by atoms with Crippen LogP contribution in [0.5, 0.6) is 0 Å². The molecule has 1 aliphatic carbocycles. The third kappa shape index (κ3) is 8.02. The van der Waals surface area contributed by atoms with Crippen LogP contribution in [0.3, 0.4) is 0 Å². The number of fused-ring (bicyclic) bond motifs is 2. The Labute approximate surface area is 382 Å². The maximum absolute atomic E-state index is 14.5. The second-order valence-corrected chi connectivity index (χ2v) is 18.9. The number of rotatable bonds is 9. The number of ether oxygens (including phenoxy) is 1. The van der Waals surface area contributed by atoms with Gasteiger partial charge in [0.25, 0.3) is 6.43 Å². The van der Waals surface area contributed by atoms with E-state index >= 15 is 0 Å². The minimum absolute atomic E-state index is 0.00424. The molecule has 352 valence electrons. The van der Waals surface area contributed by atoms with Crippen molar-refractivity contribution in [3.8, 4) is 16.9 Å². The minimum Gasteiger partial charge on any atom is -0.378 e. The number of nitrogens with one attached hydrogen (secondary N) is 2. The molecule has 6 aromatic rings. The van der Waals surface area contributed by atoms with Crippen LogP contribution >= 0.6 is 0 Å². The number of imidazole rings is 1. The van der Waals surface area contributed by atoms with E-state index in [4.69, 9.17) is 9.72 Å². The van der Waals surface area contributed by atoms with Crippen molar-refractivity contribution in [1.29, 1.82) is 0 Å². The number of alkyl halides is 2. The SMILES string of the molecule is Cn1c(=O)n(C2CCC(=O)NC2=O)c2cccc(NC(=O)N3CCC4(CCN(CC5CCC(n6cc(-n7cc(-c8cnn9ccc(N%10CCOCC%10)nc89)nn7)c(C(F)F)n6)CC5)C4)CC3)c21. The van der Waals surface area contributed by atoms with Crippen LogP contribution in [-0.4, -0.2) is 135 Å². The molecular formula is C45H53F2N15O5. The zero-order chi connectivity index (χ0) is 46.0. The molecule has 9 heterocycles. The summed E-state index contributed by atoms with van der Waals surface area (Å²) in [4.78, 5) is 63.0. The van der Waals surface area contributed by atoms with Crippen LogP contribution in [0, 0.1) is 11.3 Å². The van der Waals surface area contributed by atoms with Gasteiger partial charge in [-0.2, -0.15) is 10.2 Å². The molecule has 20 nitrogen and oxygen atoms in total. The summed E-state index contributed by atoms with van der Waals surface area (Å²) in [6.45, 7) is 6.94. The van der Waals surface area contributed by atoms with Crippen LogP contribution < -0.4 is 21.2 Å². The van der Waals surface area contributed by atoms with Crippen molar-refractivity contribution >= 4 is 46.0 Å². The number of nitrogens with zero attached hydrogens (tertiary/aromatic N) is 13. The van der Waals surface area contributed by atoms with Gasteiger partial charge in [-0.05, 0) is 87.4 Å². The van der Waals surface area contributed by atoms with Crippen LogP contribution in [0.1, 0.15) is 82.0 Å². The number of hydrogen-bond donors (Lipinski definition) is 2. The fourth-order valence-corrected chi connectivity index (χ4v) is 11.1. The van der Waals surface area contributed by atoms with Gasteiger partial charge in [-0.3, -0.25) is 28.7 Å². The zero-order valence-corrected chi connectivity index (χ0v) is 37.3. The number of amides is 4. The fourth-order valence-electron chi connectivity index (χ4n) is 11.1. The Morgan fingerprint density at radius 1 is 0.985 bits per heavy atom. The molecule has 5 fully saturated rings. The van der Waals surface area contributed by atoms with Gasteiger partial charge in [0, 0.05) is 58.9 Å². The highest BCUT2D eigenvalue weighted by molar-refractivity contribution is 6.02. The molecule has 0 radical (unpaired) electrons. The number of morpholine rings is 1. The first-order valence-electron chi connectivity index (χ1n) is 23.3. The van der Waals surface area contributed by atoms with Gasteiger partial charge in [-0.15, -0.1) is 5.10 Å². The Morgan fingerprint density at radius 2 is 1.78 bits per heavy atom. The summed E-state index contributed by atoms with van der Waals surface area (Å²) in [5.74, 6) is 0.432. The summed E-state index contributed by atoms with van der Waals surface area (Å²) < 4.78 is 42.1. The molecule has 67 heavy (non-hydrogen) atoms. The number of urea groups is 1. The molecule has 5 aromatic heterocycles. The zero-order valence-electron chi connectivity index (χ0n) is 37.3. The number of aromatic nitrogens is 10. The van der Waals surface area contributed by atoms with Crippen molar-refractivity contribution in [2.75, 3.05) is 69.2 Å². The number of halogens is 2. The summed E-state index contributed by atoms with van der Waals surface area (Å²) in [5.41, 5.74) is 2.85. The van der Waals surface area contributed by atoms with Gasteiger partial charge in [0.2, 0.25) is 11.8 Å². The highest BCUT2D eigenvalue weighted by Crippen LogP contribution is 2.42. The van der Waals surface area contributed by atoms with Crippen molar-refractivity contribution in [2.45, 2.75) is 76.3 Å². The van der Waals surface area contributed by atoms with Crippen molar-refractivity contribution in [1.82, 2.24) is 63.6 Å². The van der Waals surface area contributed by atoms with Gasteiger partial charge >= 0.3 is 11.7 Å². The van der Waals surface area contributed by atoms with Gasteiger partial charge in [-0.25, -0.2) is 32.6 Å². The first-order valence-corrected chi connectivity index (χ1v) is 23.3. The number of anilines is 2. The van der Waals surface area contributed by atoms with E-state index in [0.29, 0.717) is 65.8 Å². The number of piperidine rings is 2. The third-order valence-corrected chi connectivity index (χ3v) is 14.9. The number of imide groups is 1. The second kappa shape index (κ2) is 17.3. The standard InChI is InChI=1S/C45H53F2N15O5/c1-55-39-31(3-2-4-33(39)62(44(55)66)34-9-10-37(63)51-42(34)64)49-43(65)58-17-13-45(14-18-58)12-16-56(27-45)24-28-5-7-29(8-6-28)60-26-35(38(53-60)40(46)47)61-25-32(52-54-61)30-23-48-59-15-11-36(50-41(30)59)57-19-21-67-22-20-57/h2-4,11,15,23,25-26,28-29,34,40H,5-10,12-14,16-22,24,27H2,1H3,(H,49,65)(H,51,63,64). The summed E-state index contributed by atoms with van der Waals surface area (Å²) in [7, 11) is 1.62. The van der Waals surface area contributed by atoms with Crippen molar-refractivity contribution in [2.24, 2.45) is 18.4 Å². The number of aryl methyl sites for hydroxylation is 1. The highest BCUT2D eigenvalue weighted by atomic mass is 19.3. The highest BCUT2D eigenvalue weighted by Gasteiger charge is 2.42. The lowest BCUT2D eigenvalue weighted by atomic mass is 9.78. The molecule has 22 heteroatoms. The lowest BCUT2D eigenvalue weighted by molar-refractivity contribution is -0.135. The topological polar surface area (TPSA) is 200 Å². The smallest absolute Gasteiger partial charge is 0.329 e. The minimum atomic E-state index is -2.79. The van der Waals surface area contributed by atoms with E-state index in [-0.39, 0.29) is 47.6 Å². The van der Waals surface area contributed by atoms with E-state index < -0.39 is 24.1 Å². The average molecular weight is 922 g/mol. The Morgan fingerprint density at radius 3 is 2.55 bits per heavy atom. The number of carbonyl (C=O) groups is 3. The first kappa shape index (κ1) is 43.0. The lowest BCUT2D eigenvalue weighted by Crippen LogP contribution is -2.46. The number of likely N-dealkylation sites (tertiary alicyclic amines) is 2. The van der Waals surface area contributed by atoms with Gasteiger partial charge in [-0.1, -0.05) is 11.3 Å².